The van der Waals surface area contributed by atoms with Crippen LogP contribution in [0.25, 0.3) is 0 Å². The van der Waals surface area contributed by atoms with Gasteiger partial charge in [0.05, 0.1) is 31.2 Å². The van der Waals surface area contributed by atoms with Crippen molar-refractivity contribution >= 4 is 11.7 Å². The van der Waals surface area contributed by atoms with Crippen molar-refractivity contribution in [2.45, 2.75) is 50.6 Å². The molecule has 2 aliphatic rings. The number of piperidine rings is 2. The standard InChI is InChI=1S/C21H27F5N2O3/c1-30-19(29)14-2-4-16(5-3-14)28-12-17(6-7-18(28)13-31-20(22)23)27-10-8-15(9-11-27)21(24,25)26/h2-5,15,17-18,20H,6-13H2,1H3/t17?,18-/m0/s1. The Balaban J connectivity index is 1.70. The number of esters is 1. The van der Waals surface area contributed by atoms with Crippen molar-refractivity contribution in [3.05, 3.63) is 29.8 Å². The number of ether oxygens (including phenoxy) is 2. The third-order valence-electron chi connectivity index (χ3n) is 6.22. The van der Waals surface area contributed by atoms with Gasteiger partial charge in [-0.3, -0.25) is 4.90 Å². The van der Waals surface area contributed by atoms with E-state index in [1.54, 1.807) is 24.3 Å². The fourth-order valence-corrected chi connectivity index (χ4v) is 4.48. The number of carbonyl (C=O) groups is 1. The lowest BCUT2D eigenvalue weighted by molar-refractivity contribution is -0.186. The van der Waals surface area contributed by atoms with E-state index in [1.165, 1.54) is 7.11 Å². The Morgan fingerprint density at radius 3 is 2.29 bits per heavy atom. The second-order valence-electron chi connectivity index (χ2n) is 8.02. The molecule has 3 rings (SSSR count). The number of likely N-dealkylation sites (tertiary alicyclic amines) is 1. The van der Waals surface area contributed by atoms with Crippen LogP contribution in [0.4, 0.5) is 27.6 Å². The van der Waals surface area contributed by atoms with E-state index in [-0.39, 0.29) is 31.5 Å². The molecule has 174 valence electrons. The fourth-order valence-electron chi connectivity index (χ4n) is 4.48. The Morgan fingerprint density at radius 1 is 1.10 bits per heavy atom. The molecule has 1 aromatic carbocycles. The molecule has 0 bridgehead atoms. The molecule has 0 aromatic heterocycles. The summed E-state index contributed by atoms with van der Waals surface area (Å²) in [5, 5.41) is 0. The zero-order chi connectivity index (χ0) is 22.6. The first-order valence-electron chi connectivity index (χ1n) is 10.3. The van der Waals surface area contributed by atoms with Crippen LogP contribution >= 0.6 is 0 Å². The minimum absolute atomic E-state index is 0.0252. The maximum atomic E-state index is 13.0. The van der Waals surface area contributed by atoms with Crippen LogP contribution in [-0.4, -0.2) is 69.1 Å². The highest BCUT2D eigenvalue weighted by molar-refractivity contribution is 5.89. The molecule has 1 unspecified atom stereocenters. The second-order valence-corrected chi connectivity index (χ2v) is 8.02. The summed E-state index contributed by atoms with van der Waals surface area (Å²) in [6, 6.07) is 6.38. The lowest BCUT2D eigenvalue weighted by Gasteiger charge is -2.46. The predicted octanol–water partition coefficient (Wildman–Crippen LogP) is 4.32. The van der Waals surface area contributed by atoms with Crippen molar-refractivity contribution in [1.29, 1.82) is 0 Å². The number of nitrogens with zero attached hydrogens (tertiary/aromatic N) is 2. The average Bonchev–Trinajstić information content (AvgIpc) is 2.76. The highest BCUT2D eigenvalue weighted by Crippen LogP contribution is 2.36. The molecule has 1 aromatic rings. The van der Waals surface area contributed by atoms with E-state index in [2.05, 4.69) is 9.64 Å². The lowest BCUT2D eigenvalue weighted by atomic mass is 9.91. The minimum atomic E-state index is -4.16. The maximum Gasteiger partial charge on any atom is 0.391 e. The number of hydrogen-bond acceptors (Lipinski definition) is 5. The molecular formula is C21H27F5N2O3. The molecular weight excluding hydrogens is 423 g/mol. The summed E-state index contributed by atoms with van der Waals surface area (Å²) >= 11 is 0. The average molecular weight is 450 g/mol. The van der Waals surface area contributed by atoms with Gasteiger partial charge in [-0.05, 0) is 63.0 Å². The van der Waals surface area contributed by atoms with Gasteiger partial charge in [-0.25, -0.2) is 4.79 Å². The maximum absolute atomic E-state index is 13.0. The molecule has 10 heteroatoms. The van der Waals surface area contributed by atoms with Crippen LogP contribution in [0.5, 0.6) is 0 Å². The summed E-state index contributed by atoms with van der Waals surface area (Å²) in [4.78, 5) is 15.7. The Labute approximate surface area is 178 Å². The number of methoxy groups -OCH3 is 1. The van der Waals surface area contributed by atoms with Gasteiger partial charge in [-0.1, -0.05) is 0 Å². The zero-order valence-corrected chi connectivity index (χ0v) is 17.3. The van der Waals surface area contributed by atoms with Crippen molar-refractivity contribution in [2.24, 2.45) is 5.92 Å². The fraction of sp³-hybridized carbons (Fsp3) is 0.667. The van der Waals surface area contributed by atoms with E-state index in [0.29, 0.717) is 38.0 Å². The number of rotatable bonds is 6. The first-order chi connectivity index (χ1) is 14.7. The van der Waals surface area contributed by atoms with E-state index in [0.717, 1.165) is 5.69 Å². The molecule has 31 heavy (non-hydrogen) atoms. The smallest absolute Gasteiger partial charge is 0.391 e. The van der Waals surface area contributed by atoms with Crippen LogP contribution in [0.2, 0.25) is 0 Å². The van der Waals surface area contributed by atoms with Gasteiger partial charge >= 0.3 is 18.8 Å². The molecule has 2 fully saturated rings. The van der Waals surface area contributed by atoms with Crippen molar-refractivity contribution < 1.29 is 36.2 Å². The summed E-state index contributed by atoms with van der Waals surface area (Å²) in [5.41, 5.74) is 1.11. The molecule has 0 N–H and O–H groups in total. The molecule has 0 aliphatic carbocycles. The first kappa shape index (κ1) is 23.7. The van der Waals surface area contributed by atoms with E-state index in [1.807, 2.05) is 4.90 Å². The normalized spacial score (nSPS) is 23.9. The highest BCUT2D eigenvalue weighted by atomic mass is 19.4. The summed E-state index contributed by atoms with van der Waals surface area (Å²) in [7, 11) is 1.28. The van der Waals surface area contributed by atoms with Gasteiger partial charge in [-0.2, -0.15) is 22.0 Å². The molecule has 2 heterocycles. The van der Waals surface area contributed by atoms with Crippen molar-refractivity contribution in [1.82, 2.24) is 4.90 Å². The second kappa shape index (κ2) is 10.1. The molecule has 2 aliphatic heterocycles. The molecule has 0 amide bonds. The quantitative estimate of drug-likeness (QED) is 0.477. The van der Waals surface area contributed by atoms with Crippen LogP contribution in [0, 0.1) is 5.92 Å². The molecule has 0 radical (unpaired) electrons. The Bertz CT molecular complexity index is 721. The summed E-state index contributed by atoms with van der Waals surface area (Å²) in [6.45, 7) is -1.81. The Morgan fingerprint density at radius 2 is 1.74 bits per heavy atom. The third-order valence-corrected chi connectivity index (χ3v) is 6.22. The van der Waals surface area contributed by atoms with E-state index in [4.69, 9.17) is 4.74 Å². The Hall–Kier alpha value is -1.94. The topological polar surface area (TPSA) is 42.0 Å². The van der Waals surface area contributed by atoms with Crippen molar-refractivity contribution in [3.63, 3.8) is 0 Å². The SMILES string of the molecule is COC(=O)c1ccc(N2CC(N3CCC(C(F)(F)F)CC3)CC[C@H]2COC(F)F)cc1. The van der Waals surface area contributed by atoms with Gasteiger partial charge in [0.2, 0.25) is 0 Å². The van der Waals surface area contributed by atoms with Crippen LogP contribution in [0.1, 0.15) is 36.0 Å². The summed E-state index contributed by atoms with van der Waals surface area (Å²) in [6.07, 6.45) is -2.73. The van der Waals surface area contributed by atoms with Crippen molar-refractivity contribution in [2.75, 3.05) is 38.3 Å². The van der Waals surface area contributed by atoms with Crippen LogP contribution < -0.4 is 4.90 Å². The number of alkyl halides is 5. The monoisotopic (exact) mass is 450 g/mol. The van der Waals surface area contributed by atoms with E-state index in [9.17, 15) is 26.7 Å². The largest absolute Gasteiger partial charge is 0.465 e. The summed E-state index contributed by atoms with van der Waals surface area (Å²) in [5.74, 6) is -1.74. The molecule has 0 spiro atoms. The number of hydrogen-bond donors (Lipinski definition) is 0. The van der Waals surface area contributed by atoms with Gasteiger partial charge in [0.1, 0.15) is 0 Å². The number of halogens is 5. The van der Waals surface area contributed by atoms with Crippen molar-refractivity contribution in [3.8, 4) is 0 Å². The molecule has 0 saturated carbocycles. The van der Waals surface area contributed by atoms with Gasteiger partial charge < -0.3 is 14.4 Å². The molecule has 2 saturated heterocycles. The van der Waals surface area contributed by atoms with Gasteiger partial charge in [0.25, 0.3) is 0 Å². The first-order valence-corrected chi connectivity index (χ1v) is 10.3. The number of benzene rings is 1. The summed E-state index contributed by atoms with van der Waals surface area (Å²) < 4.78 is 73.4. The van der Waals surface area contributed by atoms with Crippen LogP contribution in [-0.2, 0) is 9.47 Å². The Kier molecular flexibility index (Phi) is 7.74. The van der Waals surface area contributed by atoms with E-state index < -0.39 is 24.7 Å². The van der Waals surface area contributed by atoms with Gasteiger partial charge in [-0.15, -0.1) is 0 Å². The number of anilines is 1. The lowest BCUT2D eigenvalue weighted by Crippen LogP contribution is -2.55. The molecule has 5 nitrogen and oxygen atoms in total. The van der Waals surface area contributed by atoms with Crippen LogP contribution in [0.15, 0.2) is 24.3 Å². The van der Waals surface area contributed by atoms with Gasteiger partial charge in [0.15, 0.2) is 0 Å². The third kappa shape index (κ3) is 6.06. The van der Waals surface area contributed by atoms with Crippen LogP contribution in [0.3, 0.4) is 0 Å². The number of carbonyl (C=O) groups excluding carboxylic acids is 1. The highest BCUT2D eigenvalue weighted by Gasteiger charge is 2.42. The van der Waals surface area contributed by atoms with Gasteiger partial charge in [0, 0.05) is 18.3 Å². The minimum Gasteiger partial charge on any atom is -0.465 e. The zero-order valence-electron chi connectivity index (χ0n) is 17.3. The van der Waals surface area contributed by atoms with E-state index >= 15 is 0 Å². The predicted molar refractivity (Wildman–Crippen MR) is 104 cm³/mol. The molecule has 2 atom stereocenters.